The van der Waals surface area contributed by atoms with Crippen molar-refractivity contribution < 1.29 is 68.3 Å². The summed E-state index contributed by atoms with van der Waals surface area (Å²) in [5.74, 6) is -1.53. The molecule has 4 aromatic carbocycles. The molecular weight excluding hydrogens is 1040 g/mol. The van der Waals surface area contributed by atoms with Gasteiger partial charge in [-0.15, -0.1) is 11.8 Å². The van der Waals surface area contributed by atoms with Crippen LogP contribution in [0.25, 0.3) is 34.4 Å². The van der Waals surface area contributed by atoms with Gasteiger partial charge in [-0.2, -0.15) is 0 Å². The van der Waals surface area contributed by atoms with E-state index in [1.807, 2.05) is 62.6 Å². The van der Waals surface area contributed by atoms with Crippen LogP contribution >= 0.6 is 27.4 Å². The fourth-order valence-electron chi connectivity index (χ4n) is 8.13. The molecule has 0 spiro atoms. The quantitative estimate of drug-likeness (QED) is 0.0229. The second kappa shape index (κ2) is 30.3. The topological polar surface area (TPSA) is 159 Å². The SMILES string of the molecule is CCOP(=O)(OCC)OCCCCOC(=O)CC1=C(C)C(=Cc2ccc(S(C)=O)cc2)c2ccc(F)cc21.CCOP(=O)(OCC)OCCCCOC(=O)CC1=C(C)C(=Cc2ccc(SC)cc2)c2ccc(F)cc21. The molecule has 0 saturated carbocycles. The normalized spacial score (nSPS) is 14.7. The molecule has 0 bridgehead atoms. The number of hydrogen-bond donors (Lipinski definition) is 0. The minimum atomic E-state index is -3.55. The van der Waals surface area contributed by atoms with Gasteiger partial charge in [-0.3, -0.25) is 40.9 Å². The van der Waals surface area contributed by atoms with Crippen molar-refractivity contribution >= 4 is 84.6 Å². The summed E-state index contributed by atoms with van der Waals surface area (Å²) >= 11 is 1.68. The van der Waals surface area contributed by atoms with Crippen LogP contribution in [-0.4, -0.2) is 81.5 Å². The number of phosphoric acid groups is 2. The zero-order valence-electron chi connectivity index (χ0n) is 43.9. The molecule has 0 radical (unpaired) electrons. The first-order valence-electron chi connectivity index (χ1n) is 24.9. The number of phosphoric ester groups is 2. The maximum Gasteiger partial charge on any atom is 0.474 e. The molecule has 0 fully saturated rings. The lowest BCUT2D eigenvalue weighted by Crippen LogP contribution is -2.08. The first kappa shape index (κ1) is 61.2. The Bertz CT molecular complexity index is 2830. The summed E-state index contributed by atoms with van der Waals surface area (Å²) < 4.78 is 106. The summed E-state index contributed by atoms with van der Waals surface area (Å²) in [7, 11) is -8.15. The Morgan fingerprint density at radius 1 is 0.547 bits per heavy atom. The van der Waals surface area contributed by atoms with Gasteiger partial charge in [0.2, 0.25) is 0 Å². The number of rotatable bonds is 28. The highest BCUT2D eigenvalue weighted by Crippen LogP contribution is 2.50. The van der Waals surface area contributed by atoms with E-state index in [0.29, 0.717) is 31.2 Å². The van der Waals surface area contributed by atoms with Crippen LogP contribution in [0.3, 0.4) is 0 Å². The number of allylic oxidation sites excluding steroid dienone is 4. The van der Waals surface area contributed by atoms with E-state index in [-0.39, 0.29) is 83.3 Å². The van der Waals surface area contributed by atoms with Crippen LogP contribution in [0.15, 0.2) is 106 Å². The molecular formula is C56H68F2O13P2S2. The molecule has 13 nitrogen and oxygen atoms in total. The van der Waals surface area contributed by atoms with Gasteiger partial charge in [0.15, 0.2) is 0 Å². The van der Waals surface area contributed by atoms with Crippen LogP contribution in [0.4, 0.5) is 8.78 Å². The Kier molecular flexibility index (Phi) is 24.8. The third-order valence-electron chi connectivity index (χ3n) is 11.8. The summed E-state index contributed by atoms with van der Waals surface area (Å²) in [4.78, 5) is 27.2. The number of benzene rings is 4. The Labute approximate surface area is 447 Å². The maximum absolute atomic E-state index is 14.1. The zero-order valence-corrected chi connectivity index (χ0v) is 47.3. The molecule has 0 heterocycles. The second-order valence-corrected chi connectivity index (χ2v) is 22.5. The van der Waals surface area contributed by atoms with E-state index in [0.717, 1.165) is 66.2 Å². The third-order valence-corrected chi connectivity index (χ3v) is 16.7. The molecule has 0 saturated heterocycles. The second-order valence-electron chi connectivity index (χ2n) is 16.9. The van der Waals surface area contributed by atoms with Crippen LogP contribution in [0.2, 0.25) is 0 Å². The predicted octanol–water partition coefficient (Wildman–Crippen LogP) is 14.6. The largest absolute Gasteiger partial charge is 0.474 e. The lowest BCUT2D eigenvalue weighted by atomic mass is 10.0. The predicted molar refractivity (Wildman–Crippen MR) is 294 cm³/mol. The Hall–Kier alpha value is -4.64. The molecule has 0 amide bonds. The van der Waals surface area contributed by atoms with Gasteiger partial charge in [0.05, 0.1) is 65.7 Å². The molecule has 75 heavy (non-hydrogen) atoms. The van der Waals surface area contributed by atoms with Crippen molar-refractivity contribution in [1.82, 2.24) is 0 Å². The minimum absolute atomic E-state index is 0.00770. The average molecular weight is 1110 g/mol. The molecule has 19 heteroatoms. The van der Waals surface area contributed by atoms with Gasteiger partial charge < -0.3 is 9.47 Å². The van der Waals surface area contributed by atoms with Crippen molar-refractivity contribution in [2.75, 3.05) is 65.4 Å². The molecule has 6 rings (SSSR count). The number of fused-ring (bicyclic) bond motifs is 2. The van der Waals surface area contributed by atoms with Crippen LogP contribution in [0.1, 0.15) is 113 Å². The van der Waals surface area contributed by atoms with Crippen molar-refractivity contribution in [3.8, 4) is 0 Å². The Morgan fingerprint density at radius 3 is 1.28 bits per heavy atom. The lowest BCUT2D eigenvalue weighted by molar-refractivity contribution is -0.143. The number of halogens is 2. The van der Waals surface area contributed by atoms with Gasteiger partial charge in [0.1, 0.15) is 11.6 Å². The summed E-state index contributed by atoms with van der Waals surface area (Å²) in [6.45, 7) is 12.2. The van der Waals surface area contributed by atoms with Crippen molar-refractivity contribution in [2.45, 2.75) is 89.9 Å². The van der Waals surface area contributed by atoms with Crippen LogP contribution in [0.5, 0.6) is 0 Å². The number of carbonyl (C=O) groups is 2. The minimum Gasteiger partial charge on any atom is -0.465 e. The van der Waals surface area contributed by atoms with Gasteiger partial charge in [0.25, 0.3) is 0 Å². The third kappa shape index (κ3) is 18.2. The number of unbranched alkanes of at least 4 members (excludes halogenated alkanes) is 2. The standard InChI is InChI=1S/C28H34FO7PS.C28H34FO6PS/c1-5-34-37(31,35-6-2)36-16-8-7-15-33-28(30)19-26-20(3)25(24-14-11-22(29)18-27(24)26)17-21-9-12-23(13-10-21)38(4)32;1-5-33-36(31,34-6-2)35-16-8-7-15-32-28(30)19-26-20(3)25(24-14-11-22(29)18-27(24)26)17-21-9-12-23(37-4)13-10-21/h9-14,17-18H,5-8,15-16,19H2,1-4H3;9-14,17-18H,5-8,15-16,19H2,1-4H3. The smallest absolute Gasteiger partial charge is 0.465 e. The molecule has 2 aliphatic rings. The zero-order chi connectivity index (χ0) is 54.5. The van der Waals surface area contributed by atoms with E-state index in [1.165, 1.54) is 29.2 Å². The van der Waals surface area contributed by atoms with E-state index in [9.17, 15) is 31.7 Å². The van der Waals surface area contributed by atoms with Gasteiger partial charge in [-0.1, -0.05) is 36.4 Å². The fourth-order valence-corrected chi connectivity index (χ4v) is 11.5. The van der Waals surface area contributed by atoms with Gasteiger partial charge in [-0.05, 0) is 201 Å². The van der Waals surface area contributed by atoms with Crippen molar-refractivity contribution in [1.29, 1.82) is 0 Å². The number of thioether (sulfide) groups is 1. The van der Waals surface area contributed by atoms with Crippen LogP contribution < -0.4 is 0 Å². The van der Waals surface area contributed by atoms with Gasteiger partial charge in [0, 0.05) is 26.8 Å². The highest BCUT2D eigenvalue weighted by molar-refractivity contribution is 7.98. The molecule has 2 aliphatic carbocycles. The number of carbonyl (C=O) groups excluding carboxylic acids is 2. The maximum atomic E-state index is 14.1. The molecule has 4 aromatic rings. The van der Waals surface area contributed by atoms with E-state index >= 15 is 0 Å². The number of ether oxygens (including phenoxy) is 2. The van der Waals surface area contributed by atoms with Crippen LogP contribution in [-0.2, 0) is 66.1 Å². The Morgan fingerprint density at radius 2 is 0.920 bits per heavy atom. The number of hydrogen-bond acceptors (Lipinski definition) is 14. The fraction of sp³-hybridized carbons (Fsp3) is 0.393. The number of esters is 2. The monoisotopic (exact) mass is 1110 g/mol. The first-order valence-corrected chi connectivity index (χ1v) is 30.6. The summed E-state index contributed by atoms with van der Waals surface area (Å²) in [6, 6.07) is 24.9. The summed E-state index contributed by atoms with van der Waals surface area (Å²) in [6.07, 6.45) is 9.84. The first-order chi connectivity index (χ1) is 36.0. The molecule has 1 atom stereocenters. The highest BCUT2D eigenvalue weighted by Gasteiger charge is 2.29. The van der Waals surface area contributed by atoms with E-state index in [4.69, 9.17) is 36.6 Å². The molecule has 0 N–H and O–H groups in total. The van der Waals surface area contributed by atoms with Crippen molar-refractivity contribution in [3.05, 3.63) is 141 Å². The van der Waals surface area contributed by atoms with Gasteiger partial charge in [-0.25, -0.2) is 17.9 Å². The summed E-state index contributed by atoms with van der Waals surface area (Å²) in [5.41, 5.74) is 10.3. The van der Waals surface area contributed by atoms with Crippen molar-refractivity contribution in [3.63, 3.8) is 0 Å². The molecule has 0 aliphatic heterocycles. The van der Waals surface area contributed by atoms with E-state index < -0.39 is 32.4 Å². The van der Waals surface area contributed by atoms with E-state index in [2.05, 4.69) is 18.2 Å². The highest BCUT2D eigenvalue weighted by atomic mass is 32.2. The summed E-state index contributed by atoms with van der Waals surface area (Å²) in [5, 5.41) is 0. The lowest BCUT2D eigenvalue weighted by Gasteiger charge is -2.16. The molecule has 0 aromatic heterocycles. The van der Waals surface area contributed by atoms with Crippen LogP contribution in [0, 0.1) is 11.6 Å². The van der Waals surface area contributed by atoms with Crippen molar-refractivity contribution in [2.24, 2.45) is 0 Å². The van der Waals surface area contributed by atoms with Gasteiger partial charge >= 0.3 is 27.6 Å². The molecule has 1 unspecified atom stereocenters. The Balaban J connectivity index is 0.000000277. The average Bonchev–Trinajstić information content (AvgIpc) is 3.77. The van der Waals surface area contributed by atoms with E-state index in [1.54, 1.807) is 57.8 Å². The molecule has 406 valence electrons.